The number of hydrogen-bond acceptors (Lipinski definition) is 4. The number of carboxylic acid groups (broad SMARTS) is 1. The maximum atomic E-state index is 13.0. The first-order valence-electron chi connectivity index (χ1n) is 10.6. The number of amides is 3. The number of piperidine rings is 1. The number of likely N-dealkylation sites (tertiary alicyclic amines) is 1. The number of aromatic nitrogens is 1. The van der Waals surface area contributed by atoms with Gasteiger partial charge >= 0.3 is 18.2 Å². The van der Waals surface area contributed by atoms with Gasteiger partial charge in [-0.2, -0.15) is 13.2 Å². The normalized spacial score (nSPS) is 24.2. The first-order valence-corrected chi connectivity index (χ1v) is 10.6. The topological polar surface area (TPSA) is 103 Å². The van der Waals surface area contributed by atoms with Crippen LogP contribution < -0.4 is 5.32 Å². The van der Waals surface area contributed by atoms with Crippen molar-refractivity contribution in [1.29, 1.82) is 0 Å². The number of fused-ring (bicyclic) bond motifs is 2. The lowest BCUT2D eigenvalue weighted by Gasteiger charge is -2.38. The molecule has 2 N–H and O–H groups in total. The number of rotatable bonds is 4. The largest absolute Gasteiger partial charge is 0.490 e. The molecule has 1 aromatic rings. The smallest absolute Gasteiger partial charge is 0.475 e. The van der Waals surface area contributed by atoms with Crippen LogP contribution in [-0.2, 0) is 16.1 Å². The van der Waals surface area contributed by atoms with Crippen molar-refractivity contribution in [2.24, 2.45) is 17.8 Å². The molecule has 2 aliphatic carbocycles. The Hall–Kier alpha value is -2.85. The summed E-state index contributed by atoms with van der Waals surface area (Å²) in [5, 5.41) is 10.2. The van der Waals surface area contributed by atoms with Crippen LogP contribution in [0.2, 0.25) is 0 Å². The number of hydrogen-bond donors (Lipinski definition) is 2. The third-order valence-electron chi connectivity index (χ3n) is 6.06. The molecule has 11 heteroatoms. The molecule has 176 valence electrons. The second kappa shape index (κ2) is 9.74. The molecule has 2 bridgehead atoms. The highest BCUT2D eigenvalue weighted by molar-refractivity contribution is 5.81. The van der Waals surface area contributed by atoms with Crippen molar-refractivity contribution < 1.29 is 32.7 Å². The predicted molar refractivity (Wildman–Crippen MR) is 107 cm³/mol. The number of carbonyl (C=O) groups is 3. The van der Waals surface area contributed by atoms with Crippen molar-refractivity contribution in [2.75, 3.05) is 20.1 Å². The van der Waals surface area contributed by atoms with Gasteiger partial charge in [0.25, 0.3) is 0 Å². The molecular weight excluding hydrogens is 429 g/mol. The number of carboxylic acids is 1. The van der Waals surface area contributed by atoms with E-state index in [4.69, 9.17) is 9.90 Å². The van der Waals surface area contributed by atoms with Gasteiger partial charge in [0.2, 0.25) is 5.91 Å². The molecule has 3 amide bonds. The number of alkyl halides is 3. The van der Waals surface area contributed by atoms with Gasteiger partial charge in [0, 0.05) is 38.3 Å². The molecule has 0 spiro atoms. The maximum absolute atomic E-state index is 13.0. The molecule has 2 atom stereocenters. The van der Waals surface area contributed by atoms with Gasteiger partial charge in [-0.1, -0.05) is 6.07 Å². The minimum Gasteiger partial charge on any atom is -0.475 e. The zero-order valence-corrected chi connectivity index (χ0v) is 17.7. The Kier molecular flexibility index (Phi) is 7.25. The quantitative estimate of drug-likeness (QED) is 0.725. The zero-order valence-electron chi connectivity index (χ0n) is 17.7. The molecule has 3 fully saturated rings. The Labute approximate surface area is 183 Å². The van der Waals surface area contributed by atoms with Crippen molar-refractivity contribution in [3.05, 3.63) is 30.1 Å². The molecule has 8 nitrogen and oxygen atoms in total. The van der Waals surface area contributed by atoms with E-state index in [0.717, 1.165) is 31.4 Å². The summed E-state index contributed by atoms with van der Waals surface area (Å²) < 4.78 is 31.7. The number of nitrogens with one attached hydrogen (secondary N) is 1. The van der Waals surface area contributed by atoms with E-state index in [9.17, 15) is 22.8 Å². The molecule has 0 radical (unpaired) electrons. The molecule has 2 saturated carbocycles. The van der Waals surface area contributed by atoms with Crippen LogP contribution >= 0.6 is 0 Å². The first-order chi connectivity index (χ1) is 15.1. The summed E-state index contributed by atoms with van der Waals surface area (Å²) in [4.78, 5) is 42.3. The average Bonchev–Trinajstić information content (AvgIpc) is 3.51. The van der Waals surface area contributed by atoms with Gasteiger partial charge in [0.1, 0.15) is 0 Å². The lowest BCUT2D eigenvalue weighted by atomic mass is 9.84. The van der Waals surface area contributed by atoms with Crippen molar-refractivity contribution in [3.63, 3.8) is 0 Å². The molecule has 1 aliphatic heterocycles. The van der Waals surface area contributed by atoms with Crippen LogP contribution in [0, 0.1) is 17.8 Å². The van der Waals surface area contributed by atoms with Crippen molar-refractivity contribution in [2.45, 2.75) is 44.4 Å². The fourth-order valence-electron chi connectivity index (χ4n) is 4.35. The molecular formula is C21H27F3N4O4. The highest BCUT2D eigenvalue weighted by atomic mass is 19.4. The van der Waals surface area contributed by atoms with E-state index in [1.807, 2.05) is 30.1 Å². The zero-order chi connectivity index (χ0) is 23.5. The van der Waals surface area contributed by atoms with Gasteiger partial charge in [-0.3, -0.25) is 9.78 Å². The Morgan fingerprint density at radius 3 is 2.22 bits per heavy atom. The summed E-state index contributed by atoms with van der Waals surface area (Å²) in [5.74, 6) is -1.91. The number of halogens is 3. The van der Waals surface area contributed by atoms with E-state index in [0.29, 0.717) is 37.5 Å². The van der Waals surface area contributed by atoms with Crippen LogP contribution in [0.25, 0.3) is 0 Å². The Balaban J connectivity index is 0.000000360. The Morgan fingerprint density at radius 2 is 1.75 bits per heavy atom. The third-order valence-corrected chi connectivity index (χ3v) is 6.06. The third kappa shape index (κ3) is 6.10. The number of aliphatic carboxylic acids is 1. The monoisotopic (exact) mass is 456 g/mol. The van der Waals surface area contributed by atoms with Gasteiger partial charge < -0.3 is 20.2 Å². The number of pyridine rings is 1. The van der Waals surface area contributed by atoms with Crippen LogP contribution in [-0.4, -0.2) is 70.2 Å². The standard InChI is InChI=1S/C19H26N4O2.C2HF3O2/c1-22(12-16-4-2-3-9-20-16)18(24)17-13-5-6-14(17)11-23(10-13)19(25)21-15-7-8-15;3-2(4,5)1(6)7/h2-4,9,13-15,17H,5-8,10-12H2,1H3,(H,21,25);(H,6,7). The lowest BCUT2D eigenvalue weighted by molar-refractivity contribution is -0.192. The second-order valence-electron chi connectivity index (χ2n) is 8.57. The van der Waals surface area contributed by atoms with Crippen LogP contribution in [0.1, 0.15) is 31.4 Å². The van der Waals surface area contributed by atoms with Crippen molar-refractivity contribution in [1.82, 2.24) is 20.1 Å². The van der Waals surface area contributed by atoms with Crippen molar-refractivity contribution in [3.8, 4) is 0 Å². The minimum absolute atomic E-state index is 0.0543. The molecule has 2 unspecified atom stereocenters. The highest BCUT2D eigenvalue weighted by Gasteiger charge is 2.48. The van der Waals surface area contributed by atoms with E-state index in [1.54, 1.807) is 11.1 Å². The summed E-state index contributed by atoms with van der Waals surface area (Å²) in [6.45, 7) is 1.97. The first kappa shape index (κ1) is 23.8. The fraction of sp³-hybridized carbons (Fsp3) is 0.619. The summed E-state index contributed by atoms with van der Waals surface area (Å²) in [6.07, 6.45) is 0.976. The van der Waals surface area contributed by atoms with Crippen LogP contribution in [0.4, 0.5) is 18.0 Å². The maximum Gasteiger partial charge on any atom is 0.490 e. The summed E-state index contributed by atoms with van der Waals surface area (Å²) >= 11 is 0. The molecule has 1 aromatic heterocycles. The molecule has 32 heavy (non-hydrogen) atoms. The SMILES string of the molecule is CN(Cc1ccccn1)C(=O)C1C2CCC1CN(C(=O)NC1CC1)C2.O=C(O)C(F)(F)F. The molecule has 0 aromatic carbocycles. The van der Waals surface area contributed by atoms with Crippen LogP contribution in [0.5, 0.6) is 0 Å². The van der Waals surface area contributed by atoms with E-state index in [2.05, 4.69) is 10.3 Å². The Morgan fingerprint density at radius 1 is 1.16 bits per heavy atom. The fourth-order valence-corrected chi connectivity index (χ4v) is 4.35. The van der Waals surface area contributed by atoms with Crippen LogP contribution in [0.15, 0.2) is 24.4 Å². The summed E-state index contributed by atoms with van der Waals surface area (Å²) in [6, 6.07) is 6.22. The van der Waals surface area contributed by atoms with Gasteiger partial charge in [0.15, 0.2) is 0 Å². The second-order valence-corrected chi connectivity index (χ2v) is 8.57. The summed E-state index contributed by atoms with van der Waals surface area (Å²) in [5.41, 5.74) is 0.909. The average molecular weight is 456 g/mol. The molecule has 1 saturated heterocycles. The van der Waals surface area contributed by atoms with Gasteiger partial charge in [-0.15, -0.1) is 0 Å². The van der Waals surface area contributed by atoms with E-state index >= 15 is 0 Å². The number of nitrogens with zero attached hydrogens (tertiary/aromatic N) is 3. The van der Waals surface area contributed by atoms with Gasteiger partial charge in [0.05, 0.1) is 12.2 Å². The van der Waals surface area contributed by atoms with Gasteiger partial charge in [-0.25, -0.2) is 9.59 Å². The predicted octanol–water partition coefficient (Wildman–Crippen LogP) is 2.50. The Bertz CT molecular complexity index is 818. The number of urea groups is 1. The molecule has 3 aliphatic rings. The van der Waals surface area contributed by atoms with E-state index < -0.39 is 12.1 Å². The minimum atomic E-state index is -5.08. The van der Waals surface area contributed by atoms with Crippen molar-refractivity contribution >= 4 is 17.9 Å². The number of carbonyl (C=O) groups excluding carboxylic acids is 2. The molecule has 2 heterocycles. The highest BCUT2D eigenvalue weighted by Crippen LogP contribution is 2.43. The van der Waals surface area contributed by atoms with E-state index in [1.165, 1.54) is 0 Å². The van der Waals surface area contributed by atoms with E-state index in [-0.39, 0.29) is 17.9 Å². The lowest BCUT2D eigenvalue weighted by Crippen LogP contribution is -2.52. The summed E-state index contributed by atoms with van der Waals surface area (Å²) in [7, 11) is 1.86. The van der Waals surface area contributed by atoms with Crippen LogP contribution in [0.3, 0.4) is 0 Å². The molecule has 4 rings (SSSR count). The van der Waals surface area contributed by atoms with Gasteiger partial charge in [-0.05, 0) is 49.7 Å².